The fraction of sp³-hybridized carbons (Fsp3) is 0.486. The SMILES string of the molecule is Cc1ccc(C(=O)Nc2ccc(N(CCc3csc(NC(=O)OC(C)(C)C)n3)C(=O)OC(C)(C)C)cc2)c(N2CCC(C)CC2)c1. The molecule has 0 unspecified atom stereocenters. The van der Waals surface area contributed by atoms with E-state index in [1.54, 1.807) is 49.9 Å². The molecule has 4 rings (SSSR count). The number of aryl methyl sites for hydroxylation is 1. The van der Waals surface area contributed by atoms with Gasteiger partial charge in [0.1, 0.15) is 11.2 Å². The lowest BCUT2D eigenvalue weighted by molar-refractivity contribution is 0.0578. The molecule has 248 valence electrons. The van der Waals surface area contributed by atoms with E-state index in [0.717, 1.165) is 37.2 Å². The molecule has 3 aromatic rings. The second-order valence-electron chi connectivity index (χ2n) is 13.8. The summed E-state index contributed by atoms with van der Waals surface area (Å²) in [5.41, 5.74) is 3.36. The maximum atomic E-state index is 13.5. The largest absolute Gasteiger partial charge is 0.444 e. The van der Waals surface area contributed by atoms with Crippen LogP contribution in [0.3, 0.4) is 0 Å². The van der Waals surface area contributed by atoms with Crippen LogP contribution < -0.4 is 20.4 Å². The number of amides is 3. The van der Waals surface area contributed by atoms with E-state index in [4.69, 9.17) is 9.47 Å². The lowest BCUT2D eigenvalue weighted by atomic mass is 9.97. The van der Waals surface area contributed by atoms with E-state index in [-0.39, 0.29) is 12.5 Å². The summed E-state index contributed by atoms with van der Waals surface area (Å²) in [6.45, 7) is 17.3. The van der Waals surface area contributed by atoms with Crippen molar-refractivity contribution in [3.8, 4) is 0 Å². The number of benzene rings is 2. The Bertz CT molecular complexity index is 1520. The summed E-state index contributed by atoms with van der Waals surface area (Å²) in [5, 5.41) is 7.94. The van der Waals surface area contributed by atoms with Crippen molar-refractivity contribution in [3.63, 3.8) is 0 Å². The minimum atomic E-state index is -0.688. The molecular weight excluding hydrogens is 602 g/mol. The van der Waals surface area contributed by atoms with E-state index in [1.807, 2.05) is 45.2 Å². The van der Waals surface area contributed by atoms with Crippen molar-refractivity contribution < 1.29 is 23.9 Å². The van der Waals surface area contributed by atoms with E-state index < -0.39 is 23.4 Å². The molecule has 0 spiro atoms. The summed E-state index contributed by atoms with van der Waals surface area (Å²) in [4.78, 5) is 47.2. The molecule has 2 aromatic carbocycles. The Kier molecular flexibility index (Phi) is 11.0. The molecule has 1 saturated heterocycles. The van der Waals surface area contributed by atoms with Crippen molar-refractivity contribution in [2.75, 3.05) is 40.1 Å². The van der Waals surface area contributed by atoms with Gasteiger partial charge in [-0.15, -0.1) is 11.3 Å². The van der Waals surface area contributed by atoms with E-state index in [2.05, 4.69) is 33.5 Å². The van der Waals surface area contributed by atoms with Gasteiger partial charge in [0.25, 0.3) is 5.91 Å². The first-order chi connectivity index (χ1) is 21.6. The van der Waals surface area contributed by atoms with Gasteiger partial charge >= 0.3 is 12.2 Å². The van der Waals surface area contributed by atoms with Gasteiger partial charge in [0.15, 0.2) is 5.13 Å². The van der Waals surface area contributed by atoms with E-state index in [1.165, 1.54) is 11.3 Å². The molecule has 1 aromatic heterocycles. The van der Waals surface area contributed by atoms with Crippen LogP contribution in [0.15, 0.2) is 47.8 Å². The summed E-state index contributed by atoms with van der Waals surface area (Å²) in [6, 6.07) is 13.1. The van der Waals surface area contributed by atoms with E-state index in [9.17, 15) is 14.4 Å². The second-order valence-corrected chi connectivity index (χ2v) is 14.7. The molecular formula is C35H47N5O5S. The van der Waals surface area contributed by atoms with Crippen molar-refractivity contribution in [3.05, 3.63) is 64.7 Å². The Morgan fingerprint density at radius 2 is 1.61 bits per heavy atom. The van der Waals surface area contributed by atoms with Crippen LogP contribution in [0, 0.1) is 12.8 Å². The molecule has 2 N–H and O–H groups in total. The highest BCUT2D eigenvalue weighted by atomic mass is 32.1. The average molecular weight is 650 g/mol. The zero-order valence-electron chi connectivity index (χ0n) is 28.2. The molecule has 1 aliphatic heterocycles. The van der Waals surface area contributed by atoms with Gasteiger partial charge in [-0.1, -0.05) is 13.0 Å². The van der Waals surface area contributed by atoms with Gasteiger partial charge in [-0.3, -0.25) is 15.0 Å². The molecule has 11 heteroatoms. The van der Waals surface area contributed by atoms with Crippen molar-refractivity contribution in [1.82, 2.24) is 4.98 Å². The lowest BCUT2D eigenvalue weighted by Gasteiger charge is -2.33. The predicted molar refractivity (Wildman–Crippen MR) is 185 cm³/mol. The number of ether oxygens (including phenoxy) is 2. The zero-order valence-corrected chi connectivity index (χ0v) is 29.0. The van der Waals surface area contributed by atoms with E-state index in [0.29, 0.717) is 40.1 Å². The molecule has 1 fully saturated rings. The van der Waals surface area contributed by atoms with Crippen LogP contribution in [0.4, 0.5) is 31.8 Å². The summed E-state index contributed by atoms with van der Waals surface area (Å²) >= 11 is 1.29. The lowest BCUT2D eigenvalue weighted by Crippen LogP contribution is -2.38. The highest BCUT2D eigenvalue weighted by Gasteiger charge is 2.25. The monoisotopic (exact) mass is 649 g/mol. The van der Waals surface area contributed by atoms with Crippen molar-refractivity contribution >= 4 is 51.6 Å². The zero-order chi connectivity index (χ0) is 33.6. The number of carbonyl (C=O) groups excluding carboxylic acids is 3. The first-order valence-corrected chi connectivity index (χ1v) is 16.7. The highest BCUT2D eigenvalue weighted by molar-refractivity contribution is 7.13. The topological polar surface area (TPSA) is 113 Å². The number of rotatable bonds is 8. The molecule has 0 aliphatic carbocycles. The smallest absolute Gasteiger partial charge is 0.414 e. The van der Waals surface area contributed by atoms with Crippen LogP contribution in [0.25, 0.3) is 0 Å². The van der Waals surface area contributed by atoms with Gasteiger partial charge in [-0.05, 0) is 109 Å². The summed E-state index contributed by atoms with van der Waals surface area (Å²) < 4.78 is 11.0. The quantitative estimate of drug-likeness (QED) is 0.253. The van der Waals surface area contributed by atoms with Crippen LogP contribution in [-0.2, 0) is 15.9 Å². The Labute approximate surface area is 276 Å². The Hall–Kier alpha value is -4.12. The standard InChI is InChI=1S/C35H47N5O5S/c1-23-15-18-39(19-16-23)29-21-24(2)9-14-28(29)30(41)36-25-10-12-27(13-11-25)40(33(43)45-35(6,7)8)20-17-26-22-46-31(37-26)38-32(42)44-34(3,4)5/h9-14,21-23H,15-20H2,1-8H3,(H,36,41)(H,37,38,42). The summed E-state index contributed by atoms with van der Waals surface area (Å²) in [6.07, 6.45) is 1.58. The number of piperidine rings is 1. The molecule has 1 aliphatic rings. The third-order valence-electron chi connectivity index (χ3n) is 7.32. The molecule has 0 atom stereocenters. The number of aromatic nitrogens is 1. The number of hydrogen-bond donors (Lipinski definition) is 2. The number of carbonyl (C=O) groups is 3. The van der Waals surface area contributed by atoms with Gasteiger partial charge in [0.05, 0.1) is 11.3 Å². The van der Waals surface area contributed by atoms with Crippen molar-refractivity contribution in [2.24, 2.45) is 5.92 Å². The average Bonchev–Trinajstić information content (AvgIpc) is 3.39. The first kappa shape index (κ1) is 34.7. The van der Waals surface area contributed by atoms with Crippen molar-refractivity contribution in [1.29, 1.82) is 0 Å². The van der Waals surface area contributed by atoms with Crippen LogP contribution in [0.5, 0.6) is 0 Å². The maximum absolute atomic E-state index is 13.5. The number of hydrogen-bond acceptors (Lipinski definition) is 8. The number of nitrogens with one attached hydrogen (secondary N) is 2. The number of nitrogens with zero attached hydrogens (tertiary/aromatic N) is 3. The normalized spacial score (nSPS) is 14.0. The Morgan fingerprint density at radius 3 is 2.24 bits per heavy atom. The van der Waals surface area contributed by atoms with Gasteiger partial charge < -0.3 is 19.7 Å². The van der Waals surface area contributed by atoms with Crippen molar-refractivity contribution in [2.45, 2.75) is 85.9 Å². The second kappa shape index (κ2) is 14.5. The Balaban J connectivity index is 1.46. The third kappa shape index (κ3) is 10.2. The maximum Gasteiger partial charge on any atom is 0.414 e. The molecule has 0 bridgehead atoms. The van der Waals surface area contributed by atoms with Gasteiger partial charge in [-0.2, -0.15) is 0 Å². The minimum Gasteiger partial charge on any atom is -0.444 e. The minimum absolute atomic E-state index is 0.176. The van der Waals surface area contributed by atoms with Gasteiger partial charge in [0.2, 0.25) is 0 Å². The van der Waals surface area contributed by atoms with Crippen LogP contribution in [-0.4, -0.2) is 53.9 Å². The molecule has 3 amide bonds. The van der Waals surface area contributed by atoms with Gasteiger partial charge in [0, 0.05) is 48.5 Å². The predicted octanol–water partition coefficient (Wildman–Crippen LogP) is 8.27. The number of thiazole rings is 1. The molecule has 46 heavy (non-hydrogen) atoms. The Morgan fingerprint density at radius 1 is 0.957 bits per heavy atom. The first-order valence-electron chi connectivity index (χ1n) is 15.8. The third-order valence-corrected chi connectivity index (χ3v) is 8.13. The summed E-state index contributed by atoms with van der Waals surface area (Å²) in [5.74, 6) is 0.516. The number of anilines is 4. The van der Waals surface area contributed by atoms with Crippen LogP contribution in [0.2, 0.25) is 0 Å². The van der Waals surface area contributed by atoms with Gasteiger partial charge in [-0.25, -0.2) is 14.6 Å². The fourth-order valence-electron chi connectivity index (χ4n) is 5.01. The van der Waals surface area contributed by atoms with E-state index >= 15 is 0 Å². The molecule has 2 heterocycles. The van der Waals surface area contributed by atoms with Crippen LogP contribution >= 0.6 is 11.3 Å². The van der Waals surface area contributed by atoms with Crippen LogP contribution in [0.1, 0.15) is 82.9 Å². The highest BCUT2D eigenvalue weighted by Crippen LogP contribution is 2.29. The summed E-state index contributed by atoms with van der Waals surface area (Å²) in [7, 11) is 0. The fourth-order valence-corrected chi connectivity index (χ4v) is 5.74. The molecule has 0 radical (unpaired) electrons. The molecule has 10 nitrogen and oxygen atoms in total. The molecule has 0 saturated carbocycles.